The molecular weight excluding hydrogens is 206 g/mol. The SMILES string of the molecule is Cc1cnc(C(NN)c2cnnn2C)cn1. The molecule has 0 spiro atoms. The molecule has 84 valence electrons. The lowest BCUT2D eigenvalue weighted by Gasteiger charge is -2.14. The van der Waals surface area contributed by atoms with Crippen molar-refractivity contribution in [2.45, 2.75) is 13.0 Å². The van der Waals surface area contributed by atoms with Crippen molar-refractivity contribution in [2.24, 2.45) is 12.9 Å². The number of rotatable bonds is 3. The maximum Gasteiger partial charge on any atom is 0.108 e. The maximum absolute atomic E-state index is 5.52. The van der Waals surface area contributed by atoms with Crippen LogP contribution in [0, 0.1) is 6.92 Å². The quantitative estimate of drug-likeness (QED) is 0.532. The van der Waals surface area contributed by atoms with E-state index in [1.165, 1.54) is 0 Å². The molecule has 0 saturated carbocycles. The number of hydrazine groups is 1. The number of hydrogen-bond donors (Lipinski definition) is 2. The van der Waals surface area contributed by atoms with Gasteiger partial charge in [-0.05, 0) is 6.92 Å². The Labute approximate surface area is 92.7 Å². The topological polar surface area (TPSA) is 94.5 Å². The van der Waals surface area contributed by atoms with Crippen molar-refractivity contribution in [3.8, 4) is 0 Å². The van der Waals surface area contributed by atoms with E-state index in [4.69, 9.17) is 5.84 Å². The first-order chi connectivity index (χ1) is 7.72. The molecule has 0 amide bonds. The van der Waals surface area contributed by atoms with E-state index < -0.39 is 0 Å². The van der Waals surface area contributed by atoms with Gasteiger partial charge in [0.1, 0.15) is 6.04 Å². The normalized spacial score (nSPS) is 12.7. The zero-order valence-electron chi connectivity index (χ0n) is 9.12. The van der Waals surface area contributed by atoms with Crippen LogP contribution in [0.5, 0.6) is 0 Å². The van der Waals surface area contributed by atoms with Crippen LogP contribution < -0.4 is 11.3 Å². The summed E-state index contributed by atoms with van der Waals surface area (Å²) in [4.78, 5) is 8.45. The second-order valence-corrected chi connectivity index (χ2v) is 3.46. The Bertz CT molecular complexity index is 461. The lowest BCUT2D eigenvalue weighted by Crippen LogP contribution is -2.31. The van der Waals surface area contributed by atoms with Crippen LogP contribution in [0.2, 0.25) is 0 Å². The van der Waals surface area contributed by atoms with Crippen molar-refractivity contribution in [3.05, 3.63) is 35.7 Å². The van der Waals surface area contributed by atoms with Crippen LogP contribution in [0.1, 0.15) is 23.1 Å². The van der Waals surface area contributed by atoms with E-state index in [9.17, 15) is 0 Å². The Kier molecular flexibility index (Phi) is 2.88. The molecule has 2 heterocycles. The summed E-state index contributed by atoms with van der Waals surface area (Å²) in [6, 6.07) is -0.256. The van der Waals surface area contributed by atoms with Crippen LogP contribution in [-0.2, 0) is 7.05 Å². The highest BCUT2D eigenvalue weighted by Crippen LogP contribution is 2.16. The number of aromatic nitrogens is 5. The Morgan fingerprint density at radius 1 is 1.31 bits per heavy atom. The van der Waals surface area contributed by atoms with Crippen molar-refractivity contribution in [2.75, 3.05) is 0 Å². The third kappa shape index (κ3) is 1.90. The molecule has 0 aliphatic carbocycles. The van der Waals surface area contributed by atoms with Crippen LogP contribution in [0.25, 0.3) is 0 Å². The maximum atomic E-state index is 5.52. The molecule has 1 atom stereocenters. The van der Waals surface area contributed by atoms with Crippen LogP contribution in [-0.4, -0.2) is 25.0 Å². The highest BCUT2D eigenvalue weighted by atomic mass is 15.4. The lowest BCUT2D eigenvalue weighted by atomic mass is 10.1. The Morgan fingerprint density at radius 3 is 2.62 bits per heavy atom. The fourth-order valence-corrected chi connectivity index (χ4v) is 1.43. The van der Waals surface area contributed by atoms with Gasteiger partial charge in [0.05, 0.1) is 29.5 Å². The fraction of sp³-hybridized carbons (Fsp3) is 0.333. The average Bonchev–Trinajstić information content (AvgIpc) is 2.69. The van der Waals surface area contributed by atoms with E-state index in [0.717, 1.165) is 17.1 Å². The van der Waals surface area contributed by atoms with E-state index in [0.29, 0.717) is 0 Å². The molecule has 1 unspecified atom stereocenters. The van der Waals surface area contributed by atoms with Gasteiger partial charge in [0, 0.05) is 13.2 Å². The molecule has 3 N–H and O–H groups in total. The summed E-state index contributed by atoms with van der Waals surface area (Å²) < 4.78 is 1.64. The molecule has 0 saturated heterocycles. The van der Waals surface area contributed by atoms with Crippen molar-refractivity contribution in [3.63, 3.8) is 0 Å². The van der Waals surface area contributed by atoms with E-state index in [1.807, 2.05) is 6.92 Å². The lowest BCUT2D eigenvalue weighted by molar-refractivity contribution is 0.557. The summed E-state index contributed by atoms with van der Waals surface area (Å²) in [7, 11) is 1.80. The van der Waals surface area contributed by atoms with Crippen molar-refractivity contribution < 1.29 is 0 Å². The van der Waals surface area contributed by atoms with Gasteiger partial charge in [0.15, 0.2) is 0 Å². The van der Waals surface area contributed by atoms with Gasteiger partial charge in [0.2, 0.25) is 0 Å². The summed E-state index contributed by atoms with van der Waals surface area (Å²) in [5.74, 6) is 5.52. The second kappa shape index (κ2) is 4.33. The third-order valence-corrected chi connectivity index (χ3v) is 2.31. The van der Waals surface area contributed by atoms with Gasteiger partial charge in [-0.25, -0.2) is 5.43 Å². The first-order valence-electron chi connectivity index (χ1n) is 4.81. The minimum atomic E-state index is -0.256. The fourth-order valence-electron chi connectivity index (χ4n) is 1.43. The van der Waals surface area contributed by atoms with Crippen molar-refractivity contribution >= 4 is 0 Å². The molecular formula is C9H13N7. The highest BCUT2D eigenvalue weighted by molar-refractivity contribution is 5.17. The van der Waals surface area contributed by atoms with Crippen molar-refractivity contribution in [1.82, 2.24) is 30.4 Å². The van der Waals surface area contributed by atoms with Gasteiger partial charge in [-0.1, -0.05) is 5.21 Å². The summed E-state index contributed by atoms with van der Waals surface area (Å²) in [6.45, 7) is 1.88. The van der Waals surface area contributed by atoms with Crippen molar-refractivity contribution in [1.29, 1.82) is 0 Å². The van der Waals surface area contributed by atoms with Gasteiger partial charge in [-0.2, -0.15) is 0 Å². The number of nitrogens with zero attached hydrogens (tertiary/aromatic N) is 5. The third-order valence-electron chi connectivity index (χ3n) is 2.31. The van der Waals surface area contributed by atoms with Gasteiger partial charge in [-0.3, -0.25) is 20.5 Å². The molecule has 2 rings (SSSR count). The molecule has 0 aliphatic heterocycles. The first-order valence-corrected chi connectivity index (χ1v) is 4.81. The molecule has 0 aliphatic rings. The minimum Gasteiger partial charge on any atom is -0.270 e. The molecule has 2 aromatic heterocycles. The van der Waals surface area contributed by atoms with Gasteiger partial charge in [-0.15, -0.1) is 5.10 Å². The Balaban J connectivity index is 2.37. The van der Waals surface area contributed by atoms with Gasteiger partial charge >= 0.3 is 0 Å². The Hall–Kier alpha value is -1.86. The number of nitrogens with one attached hydrogen (secondary N) is 1. The first kappa shape index (κ1) is 10.7. The molecule has 0 fully saturated rings. The second-order valence-electron chi connectivity index (χ2n) is 3.46. The molecule has 7 heteroatoms. The average molecular weight is 219 g/mol. The minimum absolute atomic E-state index is 0.256. The molecule has 16 heavy (non-hydrogen) atoms. The molecule has 0 bridgehead atoms. The Morgan fingerprint density at radius 2 is 2.12 bits per heavy atom. The predicted octanol–water partition coefficient (Wildman–Crippen LogP) is -0.534. The molecule has 0 radical (unpaired) electrons. The van der Waals surface area contributed by atoms with E-state index >= 15 is 0 Å². The van der Waals surface area contributed by atoms with E-state index in [-0.39, 0.29) is 6.04 Å². The number of hydrogen-bond acceptors (Lipinski definition) is 6. The van der Waals surface area contributed by atoms with Gasteiger partial charge < -0.3 is 0 Å². The standard InChI is InChI=1S/C9H13N7/c1-6-3-12-7(4-11-6)9(14-10)8-5-13-15-16(8)2/h3-5,9,14H,10H2,1-2H3. The van der Waals surface area contributed by atoms with E-state index in [1.54, 1.807) is 30.3 Å². The predicted molar refractivity (Wildman–Crippen MR) is 56.9 cm³/mol. The number of aryl methyl sites for hydroxylation is 2. The van der Waals surface area contributed by atoms with Crippen LogP contribution in [0.15, 0.2) is 18.6 Å². The smallest absolute Gasteiger partial charge is 0.108 e. The number of nitrogens with two attached hydrogens (primary N) is 1. The summed E-state index contributed by atoms with van der Waals surface area (Å²) >= 11 is 0. The van der Waals surface area contributed by atoms with Crippen LogP contribution in [0.4, 0.5) is 0 Å². The highest BCUT2D eigenvalue weighted by Gasteiger charge is 2.17. The molecule has 0 aromatic carbocycles. The largest absolute Gasteiger partial charge is 0.270 e. The zero-order chi connectivity index (χ0) is 11.5. The summed E-state index contributed by atoms with van der Waals surface area (Å²) in [6.07, 6.45) is 5.03. The molecule has 2 aromatic rings. The van der Waals surface area contributed by atoms with Gasteiger partial charge in [0.25, 0.3) is 0 Å². The monoisotopic (exact) mass is 219 g/mol. The zero-order valence-corrected chi connectivity index (χ0v) is 9.12. The van der Waals surface area contributed by atoms with Crippen LogP contribution >= 0.6 is 0 Å². The molecule has 7 nitrogen and oxygen atoms in total. The summed E-state index contributed by atoms with van der Waals surface area (Å²) in [5.41, 5.74) is 5.11. The van der Waals surface area contributed by atoms with Crippen LogP contribution in [0.3, 0.4) is 0 Å². The van der Waals surface area contributed by atoms with E-state index in [2.05, 4.69) is 25.7 Å². The summed E-state index contributed by atoms with van der Waals surface area (Å²) in [5, 5.41) is 7.65.